The molecule has 0 bridgehead atoms. The minimum absolute atomic E-state index is 0.0397. The van der Waals surface area contributed by atoms with E-state index in [1.54, 1.807) is 7.11 Å². The maximum absolute atomic E-state index is 12.5. The van der Waals surface area contributed by atoms with E-state index in [2.05, 4.69) is 60.0 Å². The van der Waals surface area contributed by atoms with Crippen LogP contribution in [0.25, 0.3) is 10.8 Å². The summed E-state index contributed by atoms with van der Waals surface area (Å²) < 4.78 is 5.16. The fraction of sp³-hybridized carbons (Fsp3) is 0.261. The van der Waals surface area contributed by atoms with Crippen LogP contribution in [0.2, 0.25) is 0 Å². The smallest absolute Gasteiger partial charge is 0.278 e. The molecule has 4 heteroatoms. The molecule has 0 radical (unpaired) electrons. The van der Waals surface area contributed by atoms with Gasteiger partial charge in [-0.15, -0.1) is 0 Å². The Morgan fingerprint density at radius 1 is 1.00 bits per heavy atom. The Hall–Kier alpha value is -2.85. The Kier molecular flexibility index (Phi) is 6.09. The summed E-state index contributed by atoms with van der Waals surface area (Å²) >= 11 is 0. The fourth-order valence-electron chi connectivity index (χ4n) is 3.37. The molecule has 0 aliphatic heterocycles. The standard InChI is InChI=1S/C23H26N2O2/c1-16(21-10-6-8-19-7-4-5-9-22(19)21)25-17(2)23(26)24-15-18-11-13-20(27-3)14-12-18/h4-14,16-17,25H,15H2,1-3H3,(H,24,26)/p+1/t16-,17+/m1/s1. The van der Waals surface area contributed by atoms with Gasteiger partial charge in [-0.2, -0.15) is 0 Å². The van der Waals surface area contributed by atoms with Gasteiger partial charge in [-0.25, -0.2) is 0 Å². The largest absolute Gasteiger partial charge is 0.497 e. The molecule has 27 heavy (non-hydrogen) atoms. The van der Waals surface area contributed by atoms with Crippen molar-refractivity contribution in [3.05, 3.63) is 77.9 Å². The Labute approximate surface area is 160 Å². The molecule has 0 aliphatic rings. The highest BCUT2D eigenvalue weighted by atomic mass is 16.5. The molecule has 0 aromatic heterocycles. The number of quaternary nitrogens is 1. The summed E-state index contributed by atoms with van der Waals surface area (Å²) in [6.45, 7) is 4.61. The second-order valence-electron chi connectivity index (χ2n) is 6.90. The van der Waals surface area contributed by atoms with Gasteiger partial charge in [-0.3, -0.25) is 4.79 Å². The average molecular weight is 363 g/mol. The predicted octanol–water partition coefficient (Wildman–Crippen LogP) is 3.18. The van der Waals surface area contributed by atoms with Crippen LogP contribution in [0, 0.1) is 0 Å². The Bertz CT molecular complexity index is 900. The van der Waals surface area contributed by atoms with Crippen LogP contribution in [0.3, 0.4) is 0 Å². The molecule has 0 saturated heterocycles. The number of rotatable bonds is 7. The van der Waals surface area contributed by atoms with Gasteiger partial charge in [0.1, 0.15) is 11.8 Å². The highest BCUT2D eigenvalue weighted by molar-refractivity contribution is 5.86. The second-order valence-corrected chi connectivity index (χ2v) is 6.90. The van der Waals surface area contributed by atoms with Crippen LogP contribution < -0.4 is 15.4 Å². The first kappa shape index (κ1) is 18.9. The second kappa shape index (κ2) is 8.69. The molecule has 3 N–H and O–H groups in total. The molecule has 140 valence electrons. The summed E-state index contributed by atoms with van der Waals surface area (Å²) in [6.07, 6.45) is 0. The van der Waals surface area contributed by atoms with E-state index in [-0.39, 0.29) is 18.0 Å². The third-order valence-electron chi connectivity index (χ3n) is 4.93. The minimum Gasteiger partial charge on any atom is -0.497 e. The van der Waals surface area contributed by atoms with Crippen molar-refractivity contribution in [1.82, 2.24) is 5.32 Å². The van der Waals surface area contributed by atoms with E-state index in [9.17, 15) is 4.79 Å². The van der Waals surface area contributed by atoms with Crippen LogP contribution in [-0.4, -0.2) is 19.1 Å². The molecule has 3 rings (SSSR count). The van der Waals surface area contributed by atoms with E-state index >= 15 is 0 Å². The molecule has 0 saturated carbocycles. The molecule has 0 fully saturated rings. The van der Waals surface area contributed by atoms with Crippen molar-refractivity contribution in [3.63, 3.8) is 0 Å². The molecule has 4 nitrogen and oxygen atoms in total. The molecule has 0 unspecified atom stereocenters. The van der Waals surface area contributed by atoms with Gasteiger partial charge >= 0.3 is 0 Å². The van der Waals surface area contributed by atoms with Crippen LogP contribution >= 0.6 is 0 Å². The lowest BCUT2D eigenvalue weighted by Gasteiger charge is -2.18. The van der Waals surface area contributed by atoms with Crippen molar-refractivity contribution in [2.75, 3.05) is 7.11 Å². The highest BCUT2D eigenvalue weighted by Gasteiger charge is 2.21. The summed E-state index contributed by atoms with van der Waals surface area (Å²) in [7, 11) is 1.64. The zero-order valence-corrected chi connectivity index (χ0v) is 16.1. The summed E-state index contributed by atoms with van der Waals surface area (Å²) in [4.78, 5) is 12.5. The van der Waals surface area contributed by atoms with E-state index in [0.29, 0.717) is 6.54 Å². The van der Waals surface area contributed by atoms with Gasteiger partial charge in [0.15, 0.2) is 6.04 Å². The highest BCUT2D eigenvalue weighted by Crippen LogP contribution is 2.22. The van der Waals surface area contributed by atoms with E-state index in [1.165, 1.54) is 16.3 Å². The number of hydrogen-bond acceptors (Lipinski definition) is 2. The number of benzene rings is 3. The van der Waals surface area contributed by atoms with Crippen LogP contribution in [-0.2, 0) is 11.3 Å². The zero-order chi connectivity index (χ0) is 19.2. The molecule has 0 aliphatic carbocycles. The minimum atomic E-state index is -0.169. The normalized spacial score (nSPS) is 13.1. The van der Waals surface area contributed by atoms with Crippen molar-refractivity contribution in [2.45, 2.75) is 32.5 Å². The first-order valence-corrected chi connectivity index (χ1v) is 9.32. The SMILES string of the molecule is COc1ccc(CNC(=O)[C@H](C)[NH2+][C@H](C)c2cccc3ccccc23)cc1. The van der Waals surface area contributed by atoms with Gasteiger partial charge in [0, 0.05) is 12.1 Å². The van der Waals surface area contributed by atoms with E-state index in [1.807, 2.05) is 31.2 Å². The number of ether oxygens (including phenoxy) is 1. The Morgan fingerprint density at radius 3 is 2.44 bits per heavy atom. The van der Waals surface area contributed by atoms with Gasteiger partial charge < -0.3 is 15.4 Å². The zero-order valence-electron chi connectivity index (χ0n) is 16.1. The summed E-state index contributed by atoms with van der Waals surface area (Å²) in [5.74, 6) is 0.855. The number of carbonyl (C=O) groups excluding carboxylic acids is 1. The lowest BCUT2D eigenvalue weighted by atomic mass is 9.99. The van der Waals surface area contributed by atoms with Crippen molar-refractivity contribution in [2.24, 2.45) is 0 Å². The summed E-state index contributed by atoms with van der Waals surface area (Å²) in [5, 5.41) is 7.61. The summed E-state index contributed by atoms with van der Waals surface area (Å²) in [6, 6.07) is 22.5. The number of methoxy groups -OCH3 is 1. The number of fused-ring (bicyclic) bond motifs is 1. The van der Waals surface area contributed by atoms with Crippen molar-refractivity contribution >= 4 is 16.7 Å². The quantitative estimate of drug-likeness (QED) is 0.677. The van der Waals surface area contributed by atoms with Crippen molar-refractivity contribution in [1.29, 1.82) is 0 Å². The lowest BCUT2D eigenvalue weighted by molar-refractivity contribution is -0.710. The lowest BCUT2D eigenvalue weighted by Crippen LogP contribution is -2.92. The monoisotopic (exact) mass is 363 g/mol. The fourth-order valence-corrected chi connectivity index (χ4v) is 3.37. The Morgan fingerprint density at radius 2 is 1.70 bits per heavy atom. The molecule has 3 aromatic rings. The summed E-state index contributed by atoms with van der Waals surface area (Å²) in [5.41, 5.74) is 2.31. The third-order valence-corrected chi connectivity index (χ3v) is 4.93. The molecule has 0 heterocycles. The van der Waals surface area contributed by atoms with Gasteiger partial charge in [0.2, 0.25) is 0 Å². The predicted molar refractivity (Wildman–Crippen MR) is 109 cm³/mol. The Balaban J connectivity index is 1.59. The van der Waals surface area contributed by atoms with Crippen LogP contribution in [0.15, 0.2) is 66.7 Å². The maximum Gasteiger partial charge on any atom is 0.278 e. The van der Waals surface area contributed by atoms with Crippen LogP contribution in [0.5, 0.6) is 5.75 Å². The van der Waals surface area contributed by atoms with E-state index < -0.39 is 0 Å². The average Bonchev–Trinajstić information content (AvgIpc) is 2.71. The molecular weight excluding hydrogens is 336 g/mol. The van der Waals surface area contributed by atoms with E-state index in [0.717, 1.165) is 11.3 Å². The van der Waals surface area contributed by atoms with Crippen molar-refractivity contribution in [3.8, 4) is 5.75 Å². The number of hydrogen-bond donors (Lipinski definition) is 2. The number of nitrogens with one attached hydrogen (secondary N) is 1. The number of nitrogens with two attached hydrogens (primary N) is 1. The molecular formula is C23H27N2O2+. The van der Waals surface area contributed by atoms with Crippen molar-refractivity contribution < 1.29 is 14.8 Å². The third kappa shape index (κ3) is 4.66. The topological polar surface area (TPSA) is 54.9 Å². The number of carbonyl (C=O) groups is 1. The van der Waals surface area contributed by atoms with Gasteiger partial charge in [-0.05, 0) is 42.3 Å². The van der Waals surface area contributed by atoms with E-state index in [4.69, 9.17) is 4.74 Å². The first-order chi connectivity index (χ1) is 13.1. The van der Waals surface area contributed by atoms with Gasteiger partial charge in [0.25, 0.3) is 5.91 Å². The molecule has 3 aromatic carbocycles. The molecule has 1 amide bonds. The van der Waals surface area contributed by atoms with Crippen LogP contribution in [0.1, 0.15) is 31.0 Å². The van der Waals surface area contributed by atoms with Gasteiger partial charge in [0.05, 0.1) is 7.11 Å². The number of amides is 1. The van der Waals surface area contributed by atoms with Crippen LogP contribution in [0.4, 0.5) is 0 Å². The maximum atomic E-state index is 12.5. The molecule has 2 atom stereocenters. The van der Waals surface area contributed by atoms with Gasteiger partial charge in [-0.1, -0.05) is 54.6 Å². The molecule has 0 spiro atoms. The first-order valence-electron chi connectivity index (χ1n) is 9.32.